The molecule has 0 spiro atoms. The molecule has 3 aromatic rings. The molecule has 45 heavy (non-hydrogen) atoms. The minimum absolute atomic E-state index is 0.00735. The Hall–Kier alpha value is -4.44. The van der Waals surface area contributed by atoms with Crippen LogP contribution in [0.25, 0.3) is 0 Å². The lowest BCUT2D eigenvalue weighted by molar-refractivity contribution is -0.154. The Morgan fingerprint density at radius 3 is 2.29 bits per heavy atom. The molecule has 1 saturated carbocycles. The summed E-state index contributed by atoms with van der Waals surface area (Å²) in [5.41, 5.74) is 1.15. The van der Waals surface area contributed by atoms with Crippen molar-refractivity contribution in [2.24, 2.45) is 0 Å². The second-order valence-corrected chi connectivity index (χ2v) is 12.1. The first-order valence-corrected chi connectivity index (χ1v) is 15.5. The Morgan fingerprint density at radius 2 is 1.67 bits per heavy atom. The SMILES string of the molecule is C=CS(=O)(=O)NC(=O)CCCCNC(=O)c1ccc(Nc2nc(NC3(c4ccc(Cl)cc4)CC3)nc(OCC(F)(F)F)n2)cc1. The number of carbonyl (C=O) groups is 2. The van der Waals surface area contributed by atoms with E-state index in [-0.39, 0.29) is 30.8 Å². The van der Waals surface area contributed by atoms with Crippen LogP contribution in [0, 0.1) is 0 Å². The molecule has 240 valence electrons. The number of anilines is 3. The maximum absolute atomic E-state index is 12.8. The highest BCUT2D eigenvalue weighted by molar-refractivity contribution is 7.92. The zero-order valence-corrected chi connectivity index (χ0v) is 25.2. The van der Waals surface area contributed by atoms with Crippen molar-refractivity contribution in [1.29, 1.82) is 0 Å². The van der Waals surface area contributed by atoms with Crippen LogP contribution in [-0.2, 0) is 20.4 Å². The van der Waals surface area contributed by atoms with Gasteiger partial charge in [-0.05, 0) is 67.6 Å². The topological polar surface area (TPSA) is 164 Å². The van der Waals surface area contributed by atoms with Gasteiger partial charge in [0.05, 0.1) is 5.54 Å². The van der Waals surface area contributed by atoms with Crippen LogP contribution in [0.4, 0.5) is 30.8 Å². The van der Waals surface area contributed by atoms with Crippen molar-refractivity contribution in [3.05, 3.63) is 76.7 Å². The Balaban J connectivity index is 1.36. The number of sulfonamides is 1. The van der Waals surface area contributed by atoms with Gasteiger partial charge in [0.25, 0.3) is 15.9 Å². The summed E-state index contributed by atoms with van der Waals surface area (Å²) >= 11 is 6.00. The van der Waals surface area contributed by atoms with Crippen LogP contribution in [-0.4, -0.2) is 54.5 Å². The van der Waals surface area contributed by atoms with E-state index in [2.05, 4.69) is 37.5 Å². The van der Waals surface area contributed by atoms with Gasteiger partial charge in [0.2, 0.25) is 17.8 Å². The third-order valence-corrected chi connectivity index (χ3v) is 7.68. The number of benzene rings is 2. The van der Waals surface area contributed by atoms with Crippen LogP contribution in [0.15, 0.2) is 60.5 Å². The molecular formula is C28H29ClF3N7O5S. The van der Waals surface area contributed by atoms with Crippen molar-refractivity contribution in [2.45, 2.75) is 43.8 Å². The fourth-order valence-electron chi connectivity index (χ4n) is 4.07. The molecule has 4 N–H and O–H groups in total. The Kier molecular flexibility index (Phi) is 10.5. The molecule has 0 bridgehead atoms. The van der Waals surface area contributed by atoms with Gasteiger partial charge in [-0.3, -0.25) is 9.59 Å². The molecule has 0 saturated heterocycles. The van der Waals surface area contributed by atoms with E-state index in [4.69, 9.17) is 16.3 Å². The summed E-state index contributed by atoms with van der Waals surface area (Å²) in [7, 11) is -3.84. The number of aromatic nitrogens is 3. The molecule has 0 aliphatic heterocycles. The highest BCUT2D eigenvalue weighted by Crippen LogP contribution is 2.48. The average Bonchev–Trinajstić information content (AvgIpc) is 3.76. The maximum Gasteiger partial charge on any atom is 0.422 e. The number of halogens is 4. The molecule has 2 amide bonds. The number of hydrogen-bond donors (Lipinski definition) is 4. The molecule has 1 heterocycles. The predicted octanol–water partition coefficient (Wildman–Crippen LogP) is 4.80. The number of amides is 2. The summed E-state index contributed by atoms with van der Waals surface area (Å²) in [5, 5.41) is 9.99. The normalized spacial score (nSPS) is 13.8. The van der Waals surface area contributed by atoms with Gasteiger partial charge in [0, 0.05) is 34.6 Å². The van der Waals surface area contributed by atoms with Gasteiger partial charge < -0.3 is 20.7 Å². The first-order valence-electron chi connectivity index (χ1n) is 13.6. The molecule has 1 aliphatic rings. The monoisotopic (exact) mass is 667 g/mol. The number of alkyl halides is 3. The van der Waals surface area contributed by atoms with Gasteiger partial charge in [-0.1, -0.05) is 30.3 Å². The number of carbonyl (C=O) groups excluding carboxylic acids is 2. The van der Waals surface area contributed by atoms with E-state index < -0.39 is 40.3 Å². The van der Waals surface area contributed by atoms with Gasteiger partial charge in [0.15, 0.2) is 6.61 Å². The van der Waals surface area contributed by atoms with Crippen molar-refractivity contribution in [3.8, 4) is 6.01 Å². The largest absolute Gasteiger partial charge is 0.454 e. The fraction of sp³-hybridized carbons (Fsp3) is 0.321. The third kappa shape index (κ3) is 10.3. The van der Waals surface area contributed by atoms with Crippen LogP contribution < -0.4 is 25.4 Å². The average molecular weight is 668 g/mol. The van der Waals surface area contributed by atoms with E-state index in [1.165, 1.54) is 12.1 Å². The van der Waals surface area contributed by atoms with Crippen LogP contribution in [0.2, 0.25) is 5.02 Å². The maximum atomic E-state index is 12.8. The number of hydrogen-bond acceptors (Lipinski definition) is 10. The number of nitrogens with one attached hydrogen (secondary N) is 4. The van der Waals surface area contributed by atoms with Crippen LogP contribution in [0.1, 0.15) is 48.0 Å². The number of rotatable bonds is 15. The van der Waals surface area contributed by atoms with Gasteiger partial charge in [-0.2, -0.15) is 28.1 Å². The molecular weight excluding hydrogens is 639 g/mol. The smallest absolute Gasteiger partial charge is 0.422 e. The second kappa shape index (κ2) is 14.1. The molecule has 2 aromatic carbocycles. The molecule has 1 aliphatic carbocycles. The lowest BCUT2D eigenvalue weighted by Crippen LogP contribution is -2.29. The van der Waals surface area contributed by atoms with Gasteiger partial charge in [-0.15, -0.1) is 0 Å². The predicted molar refractivity (Wildman–Crippen MR) is 161 cm³/mol. The molecule has 17 heteroatoms. The third-order valence-electron chi connectivity index (χ3n) is 6.47. The molecule has 0 atom stereocenters. The second-order valence-electron chi connectivity index (χ2n) is 10.0. The quantitative estimate of drug-likeness (QED) is 0.166. The van der Waals surface area contributed by atoms with E-state index >= 15 is 0 Å². The van der Waals surface area contributed by atoms with Crippen molar-refractivity contribution < 1.29 is 35.9 Å². The minimum Gasteiger partial charge on any atom is -0.454 e. The van der Waals surface area contributed by atoms with E-state index in [1.807, 2.05) is 16.9 Å². The van der Waals surface area contributed by atoms with E-state index in [0.29, 0.717) is 34.5 Å². The minimum atomic E-state index is -4.60. The Labute approximate surface area is 261 Å². The van der Waals surface area contributed by atoms with E-state index in [9.17, 15) is 31.2 Å². The Morgan fingerprint density at radius 1 is 1.00 bits per heavy atom. The van der Waals surface area contributed by atoms with Crippen molar-refractivity contribution >= 4 is 51.0 Å². The summed E-state index contributed by atoms with van der Waals surface area (Å²) in [6, 6.07) is 12.8. The highest BCUT2D eigenvalue weighted by Gasteiger charge is 2.45. The number of unbranched alkanes of at least 4 members (excludes halogenated alkanes) is 1. The van der Waals surface area contributed by atoms with Gasteiger partial charge >= 0.3 is 12.2 Å². The molecule has 0 radical (unpaired) electrons. The Bertz CT molecular complexity index is 1640. The summed E-state index contributed by atoms with van der Waals surface area (Å²) in [5.74, 6) is -1.13. The van der Waals surface area contributed by atoms with Crippen LogP contribution in [0.3, 0.4) is 0 Å². The zero-order valence-electron chi connectivity index (χ0n) is 23.7. The first kappa shape index (κ1) is 33.5. The van der Waals surface area contributed by atoms with Crippen molar-refractivity contribution in [1.82, 2.24) is 25.0 Å². The molecule has 0 unspecified atom stereocenters. The highest BCUT2D eigenvalue weighted by atomic mass is 35.5. The van der Waals surface area contributed by atoms with E-state index in [0.717, 1.165) is 18.4 Å². The standard InChI is InChI=1S/C28H29ClF3N7O5S/c1-2-45(42,43)39-22(40)5-3-4-16-33-23(41)18-6-12-21(13-7-18)34-24-35-25(37-26(36-24)44-17-28(30,31)32)38-27(14-15-27)19-8-10-20(29)11-9-19/h2,6-13H,1,3-5,14-17H2,(H,33,41)(H,39,40)(H2,34,35,36,37,38). The molecule has 12 nitrogen and oxygen atoms in total. The van der Waals surface area contributed by atoms with Crippen molar-refractivity contribution in [3.63, 3.8) is 0 Å². The van der Waals surface area contributed by atoms with E-state index in [1.54, 1.807) is 24.3 Å². The summed E-state index contributed by atoms with van der Waals surface area (Å²) in [6.45, 7) is 1.77. The number of nitrogens with zero attached hydrogens (tertiary/aromatic N) is 3. The molecule has 4 rings (SSSR count). The van der Waals surface area contributed by atoms with Crippen LogP contribution in [0.5, 0.6) is 6.01 Å². The summed E-state index contributed by atoms with van der Waals surface area (Å²) < 4.78 is 67.7. The van der Waals surface area contributed by atoms with Crippen LogP contribution >= 0.6 is 11.6 Å². The number of ether oxygens (including phenoxy) is 1. The summed E-state index contributed by atoms with van der Waals surface area (Å²) in [6.07, 6.45) is -2.39. The fourth-order valence-corrected chi connectivity index (χ4v) is 4.70. The molecule has 1 aromatic heterocycles. The lowest BCUT2D eigenvalue weighted by atomic mass is 10.1. The zero-order chi connectivity index (χ0) is 32.7. The molecule has 1 fully saturated rings. The van der Waals surface area contributed by atoms with Gasteiger partial charge in [0.1, 0.15) is 0 Å². The van der Waals surface area contributed by atoms with Crippen molar-refractivity contribution in [2.75, 3.05) is 23.8 Å². The summed E-state index contributed by atoms with van der Waals surface area (Å²) in [4.78, 5) is 36.4. The van der Waals surface area contributed by atoms with Gasteiger partial charge in [-0.25, -0.2) is 13.1 Å². The lowest BCUT2D eigenvalue weighted by Gasteiger charge is -2.19. The first-order chi connectivity index (χ1) is 21.3.